The van der Waals surface area contributed by atoms with Gasteiger partial charge in [-0.15, -0.1) is 0 Å². The van der Waals surface area contributed by atoms with Crippen LogP contribution in [0.15, 0.2) is 42.9 Å². The van der Waals surface area contributed by atoms with Crippen molar-refractivity contribution in [2.75, 3.05) is 67.6 Å². The van der Waals surface area contributed by atoms with Gasteiger partial charge in [0, 0.05) is 75.1 Å². The van der Waals surface area contributed by atoms with Crippen molar-refractivity contribution in [1.29, 1.82) is 0 Å². The van der Waals surface area contributed by atoms with Gasteiger partial charge in [-0.25, -0.2) is 22.7 Å². The number of piperidine rings is 2. The molecule has 1 saturated carbocycles. The van der Waals surface area contributed by atoms with Crippen LogP contribution in [0.5, 0.6) is 0 Å². The molecule has 1 unspecified atom stereocenters. The van der Waals surface area contributed by atoms with Gasteiger partial charge in [0.25, 0.3) is 18.2 Å². The summed E-state index contributed by atoms with van der Waals surface area (Å²) in [6.07, 6.45) is 5.83. The Morgan fingerprint density at radius 2 is 1.86 bits per heavy atom. The number of likely N-dealkylation sites (tertiary alicyclic amines) is 1. The molecular weight excluding hydrogens is 846 g/mol. The van der Waals surface area contributed by atoms with Crippen LogP contribution in [0, 0.1) is 18.8 Å². The topological polar surface area (TPSA) is 169 Å². The van der Waals surface area contributed by atoms with E-state index in [0.717, 1.165) is 92.9 Å². The molecule has 17 nitrogen and oxygen atoms in total. The highest BCUT2D eigenvalue weighted by Gasteiger charge is 2.40. The molecule has 9 heterocycles. The number of nitrogens with zero attached hydrogens (tertiary/aromatic N) is 10. The number of aryl methyl sites for hydroxylation is 1. The molecule has 5 aromatic rings. The lowest BCUT2D eigenvalue weighted by molar-refractivity contribution is -0.135. The van der Waals surface area contributed by atoms with Crippen molar-refractivity contribution in [3.05, 3.63) is 59.8 Å². The highest BCUT2D eigenvalue weighted by molar-refractivity contribution is 6.08. The van der Waals surface area contributed by atoms with Crippen molar-refractivity contribution >= 4 is 51.5 Å². The van der Waals surface area contributed by atoms with Gasteiger partial charge in [-0.05, 0) is 76.0 Å². The van der Waals surface area contributed by atoms with Crippen molar-refractivity contribution in [3.8, 4) is 0 Å². The van der Waals surface area contributed by atoms with E-state index >= 15 is 4.39 Å². The minimum atomic E-state index is -2.88. The monoisotopic (exact) mass is 898 g/mol. The third kappa shape index (κ3) is 8.00. The Bertz CT molecular complexity index is 2620. The number of benzene rings is 1. The highest BCUT2D eigenvalue weighted by atomic mass is 19.3. The van der Waals surface area contributed by atoms with E-state index in [1.807, 2.05) is 25.1 Å². The van der Waals surface area contributed by atoms with Gasteiger partial charge in [0.1, 0.15) is 23.6 Å². The summed E-state index contributed by atoms with van der Waals surface area (Å²) < 4.78 is 61.0. The number of hydrogen-bond acceptors (Lipinski definition) is 12. The fourth-order valence-corrected chi connectivity index (χ4v) is 11.1. The second-order valence-electron chi connectivity index (χ2n) is 18.8. The number of imide groups is 1. The van der Waals surface area contributed by atoms with Gasteiger partial charge >= 0.3 is 0 Å². The Morgan fingerprint density at radius 3 is 2.62 bits per heavy atom. The van der Waals surface area contributed by atoms with E-state index in [4.69, 9.17) is 19.6 Å². The van der Waals surface area contributed by atoms with Gasteiger partial charge in [0.05, 0.1) is 60.6 Å². The summed E-state index contributed by atoms with van der Waals surface area (Å²) in [5.74, 6) is 0.166. The lowest BCUT2D eigenvalue weighted by Gasteiger charge is -2.43. The molecule has 0 spiro atoms. The molecule has 65 heavy (non-hydrogen) atoms. The van der Waals surface area contributed by atoms with Crippen LogP contribution in [-0.2, 0) is 19.1 Å². The Kier molecular flexibility index (Phi) is 11.0. The molecule has 3 amide bonds. The predicted molar refractivity (Wildman–Crippen MR) is 232 cm³/mol. The number of rotatable bonds is 12. The van der Waals surface area contributed by atoms with Crippen molar-refractivity contribution in [1.82, 2.24) is 44.4 Å². The molecule has 4 aromatic heterocycles. The zero-order valence-electron chi connectivity index (χ0n) is 36.2. The predicted octanol–water partition coefficient (Wildman–Crippen LogP) is 5.03. The van der Waals surface area contributed by atoms with E-state index in [1.165, 1.54) is 16.9 Å². The first-order valence-electron chi connectivity index (χ1n) is 23.0. The number of alkyl halides is 3. The Labute approximate surface area is 372 Å². The SMILES string of the molecule is Cc1nn(C2CCC(=O)NC2=O)c2cccc(N3CC(CO[C@@H]4CCN(CC5CCC(n6cc(NC(=O)c7cnn8ccc(N9C[C@H]%10C[C@@H]9CO%10)nc78)c(C(F)F)n6)CC5)C[C@@H]4F)C3)c12. The molecule has 6 aliphatic rings. The number of morpholine rings is 1. The molecule has 2 N–H and O–H groups in total. The number of aromatic nitrogens is 7. The Hall–Kier alpha value is -5.60. The number of fused-ring (bicyclic) bond motifs is 4. The standard InChI is InChI=1S/C45H53F3N12O5/c1-25-40-34(3-2-4-35(40)60(53-25)36-9-10-39(61)52-45(36)63)56-18-27(19-56)23-65-37-11-13-55(21-32(37)46)17-26-5-7-28(8-6-26)59-22-33(41(54-59)42(47)48)50-44(62)31-16-49-58-14-12-38(51-43(31)58)57-20-30-15-29(57)24-64-30/h2-4,12,14,16,22,26-30,32,36-37,42H,5-11,13,15,17-21,23-24H2,1H3,(H,50,62)(H,52,61,63)/t26?,28?,29-,30-,32+,36?,37-/m1/s1. The normalized spacial score (nSPS) is 27.6. The van der Waals surface area contributed by atoms with Gasteiger partial charge in [-0.2, -0.15) is 15.3 Å². The van der Waals surface area contributed by atoms with Crippen LogP contribution in [0.25, 0.3) is 16.6 Å². The molecule has 0 radical (unpaired) electrons. The second-order valence-corrected chi connectivity index (χ2v) is 18.8. The van der Waals surface area contributed by atoms with E-state index in [9.17, 15) is 23.2 Å². The van der Waals surface area contributed by atoms with Crippen LogP contribution in [0.4, 0.5) is 30.4 Å². The quantitative estimate of drug-likeness (QED) is 0.161. The summed E-state index contributed by atoms with van der Waals surface area (Å²) in [6, 6.07) is 7.45. The smallest absolute Gasteiger partial charge is 0.284 e. The number of ether oxygens (including phenoxy) is 2. The number of nitrogens with one attached hydrogen (secondary N) is 2. The summed E-state index contributed by atoms with van der Waals surface area (Å²) >= 11 is 0. The van der Waals surface area contributed by atoms with Crippen LogP contribution in [0.3, 0.4) is 0 Å². The number of carbonyl (C=O) groups excluding carboxylic acids is 3. The molecule has 344 valence electrons. The van der Waals surface area contributed by atoms with Crippen LogP contribution in [0.1, 0.15) is 91.6 Å². The lowest BCUT2D eigenvalue weighted by Crippen LogP contribution is -2.51. The zero-order valence-corrected chi connectivity index (χ0v) is 36.2. The first-order valence-corrected chi connectivity index (χ1v) is 23.0. The van der Waals surface area contributed by atoms with E-state index in [0.29, 0.717) is 44.2 Å². The zero-order chi connectivity index (χ0) is 44.5. The summed E-state index contributed by atoms with van der Waals surface area (Å²) in [4.78, 5) is 49.3. The Balaban J connectivity index is 0.642. The summed E-state index contributed by atoms with van der Waals surface area (Å²) in [7, 11) is 0. The van der Waals surface area contributed by atoms with E-state index in [2.05, 4.69) is 41.6 Å². The molecule has 2 bridgehead atoms. The first-order chi connectivity index (χ1) is 31.5. The molecular formula is C45H53F3N12O5. The lowest BCUT2D eigenvalue weighted by atomic mass is 9.85. The molecule has 1 aliphatic carbocycles. The summed E-state index contributed by atoms with van der Waals surface area (Å²) in [6.45, 7) is 7.17. The number of carbonyl (C=O) groups is 3. The van der Waals surface area contributed by atoms with Gasteiger partial charge < -0.3 is 24.6 Å². The maximum Gasteiger partial charge on any atom is 0.284 e. The molecule has 5 saturated heterocycles. The van der Waals surface area contributed by atoms with Crippen LogP contribution in [0.2, 0.25) is 0 Å². The van der Waals surface area contributed by atoms with Crippen LogP contribution in [-0.4, -0.2) is 134 Å². The van der Waals surface area contributed by atoms with Crippen molar-refractivity contribution in [2.24, 2.45) is 11.8 Å². The van der Waals surface area contributed by atoms with Gasteiger partial charge in [0.15, 0.2) is 11.3 Å². The van der Waals surface area contributed by atoms with Crippen LogP contribution >= 0.6 is 0 Å². The Morgan fingerprint density at radius 1 is 1.02 bits per heavy atom. The number of halogens is 3. The average molecular weight is 899 g/mol. The van der Waals surface area contributed by atoms with Gasteiger partial charge in [-0.3, -0.25) is 34.0 Å². The molecule has 11 rings (SSSR count). The molecule has 6 fully saturated rings. The van der Waals surface area contributed by atoms with E-state index in [-0.39, 0.29) is 53.6 Å². The maximum absolute atomic E-state index is 15.6. The molecule has 5 aliphatic heterocycles. The van der Waals surface area contributed by atoms with E-state index < -0.39 is 36.3 Å². The van der Waals surface area contributed by atoms with Crippen molar-refractivity contribution < 1.29 is 37.0 Å². The highest BCUT2D eigenvalue weighted by Crippen LogP contribution is 2.39. The number of amides is 3. The maximum atomic E-state index is 15.6. The third-order valence-corrected chi connectivity index (χ3v) is 14.5. The fourth-order valence-electron chi connectivity index (χ4n) is 11.1. The van der Waals surface area contributed by atoms with Gasteiger partial charge in [0.2, 0.25) is 5.91 Å². The number of hydrogen-bond donors (Lipinski definition) is 2. The van der Waals surface area contributed by atoms with Crippen molar-refractivity contribution in [2.45, 2.75) is 101 Å². The molecule has 5 atom stereocenters. The molecule has 20 heteroatoms. The first kappa shape index (κ1) is 42.1. The summed E-state index contributed by atoms with van der Waals surface area (Å²) in [5, 5.41) is 19.4. The minimum absolute atomic E-state index is 0.0325. The minimum Gasteiger partial charge on any atom is -0.375 e. The molecule has 1 aromatic carbocycles. The fraction of sp³-hybridized carbons (Fsp3) is 0.578. The van der Waals surface area contributed by atoms with Gasteiger partial charge in [-0.1, -0.05) is 6.07 Å². The van der Waals surface area contributed by atoms with Crippen molar-refractivity contribution in [3.63, 3.8) is 0 Å². The second kappa shape index (κ2) is 17.0. The van der Waals surface area contributed by atoms with E-state index in [1.54, 1.807) is 15.6 Å². The summed E-state index contributed by atoms with van der Waals surface area (Å²) in [5.41, 5.74) is 2.74. The average Bonchev–Trinajstić information content (AvgIpc) is 4.13. The van der Waals surface area contributed by atoms with Crippen LogP contribution < -0.4 is 20.4 Å². The number of anilines is 3. The largest absolute Gasteiger partial charge is 0.375 e. The third-order valence-electron chi connectivity index (χ3n) is 14.5.